The molecule has 1 aliphatic rings. The number of anilines is 1. The number of nitrogens with one attached hydrogen (secondary N) is 1. The largest absolute Gasteiger partial charge is 0.492 e. The number of amides is 1. The van der Waals surface area contributed by atoms with Crippen LogP contribution in [0, 0.1) is 0 Å². The standard InChI is InChI=1S/C18H16BrNO4/c1-2-23-15-6-4-3-5-14(15)20-17(21)16-10-11-9-12(19)7-8-13(11)18(22)24-16/h3-9,16H,2,10H2,1H3,(H,20,21). The van der Waals surface area contributed by atoms with Crippen molar-refractivity contribution in [1.82, 2.24) is 0 Å². The highest BCUT2D eigenvalue weighted by Crippen LogP contribution is 2.27. The van der Waals surface area contributed by atoms with E-state index in [-0.39, 0.29) is 5.91 Å². The van der Waals surface area contributed by atoms with Crippen LogP contribution in [0.3, 0.4) is 0 Å². The average molecular weight is 390 g/mol. The summed E-state index contributed by atoms with van der Waals surface area (Å²) in [4.78, 5) is 24.6. The van der Waals surface area contributed by atoms with E-state index in [0.29, 0.717) is 30.0 Å². The first-order valence-corrected chi connectivity index (χ1v) is 8.40. The van der Waals surface area contributed by atoms with E-state index >= 15 is 0 Å². The van der Waals surface area contributed by atoms with Crippen LogP contribution in [0.2, 0.25) is 0 Å². The summed E-state index contributed by atoms with van der Waals surface area (Å²) >= 11 is 3.38. The van der Waals surface area contributed by atoms with Gasteiger partial charge in [0.2, 0.25) is 0 Å². The predicted molar refractivity (Wildman–Crippen MR) is 93.3 cm³/mol. The first-order valence-electron chi connectivity index (χ1n) is 7.60. The number of esters is 1. The Bertz CT molecular complexity index is 790. The monoisotopic (exact) mass is 389 g/mol. The lowest BCUT2D eigenvalue weighted by molar-refractivity contribution is -0.125. The van der Waals surface area contributed by atoms with Gasteiger partial charge in [-0.1, -0.05) is 28.1 Å². The smallest absolute Gasteiger partial charge is 0.339 e. The average Bonchev–Trinajstić information content (AvgIpc) is 2.56. The van der Waals surface area contributed by atoms with Crippen molar-refractivity contribution in [1.29, 1.82) is 0 Å². The van der Waals surface area contributed by atoms with Crippen molar-refractivity contribution in [2.24, 2.45) is 0 Å². The van der Waals surface area contributed by atoms with Gasteiger partial charge in [-0.25, -0.2) is 4.79 Å². The third-order valence-electron chi connectivity index (χ3n) is 3.68. The Morgan fingerprint density at radius 3 is 2.92 bits per heavy atom. The Balaban J connectivity index is 1.78. The maximum atomic E-state index is 12.5. The Morgan fingerprint density at radius 2 is 2.12 bits per heavy atom. The number of halogens is 1. The Labute approximate surface area is 148 Å². The maximum absolute atomic E-state index is 12.5. The second kappa shape index (κ2) is 7.05. The Kier molecular flexibility index (Phi) is 4.85. The number of fused-ring (bicyclic) bond motifs is 1. The van der Waals surface area contributed by atoms with Gasteiger partial charge in [0, 0.05) is 10.9 Å². The highest BCUT2D eigenvalue weighted by Gasteiger charge is 2.31. The van der Waals surface area contributed by atoms with Gasteiger partial charge in [0.05, 0.1) is 17.9 Å². The number of hydrogen-bond acceptors (Lipinski definition) is 4. The lowest BCUT2D eigenvalue weighted by atomic mass is 9.98. The van der Waals surface area contributed by atoms with Crippen molar-refractivity contribution in [3.63, 3.8) is 0 Å². The van der Waals surface area contributed by atoms with E-state index in [1.54, 1.807) is 30.3 Å². The van der Waals surface area contributed by atoms with Crippen LogP contribution in [0.25, 0.3) is 0 Å². The van der Waals surface area contributed by atoms with Crippen molar-refractivity contribution in [2.45, 2.75) is 19.4 Å². The van der Waals surface area contributed by atoms with E-state index in [1.807, 2.05) is 19.1 Å². The third kappa shape index (κ3) is 3.43. The summed E-state index contributed by atoms with van der Waals surface area (Å²) < 4.78 is 11.6. The molecule has 0 fully saturated rings. The van der Waals surface area contributed by atoms with Gasteiger partial charge in [0.1, 0.15) is 5.75 Å². The van der Waals surface area contributed by atoms with E-state index < -0.39 is 12.1 Å². The zero-order valence-electron chi connectivity index (χ0n) is 13.0. The molecule has 0 saturated heterocycles. The first-order chi connectivity index (χ1) is 11.6. The van der Waals surface area contributed by atoms with Gasteiger partial charge in [-0.3, -0.25) is 4.79 Å². The highest BCUT2D eigenvalue weighted by atomic mass is 79.9. The minimum absolute atomic E-state index is 0.336. The molecule has 24 heavy (non-hydrogen) atoms. The van der Waals surface area contributed by atoms with Gasteiger partial charge in [-0.05, 0) is 42.8 Å². The van der Waals surface area contributed by atoms with Gasteiger partial charge in [0.25, 0.3) is 5.91 Å². The molecule has 1 unspecified atom stereocenters. The van der Waals surface area contributed by atoms with Crippen LogP contribution < -0.4 is 10.1 Å². The molecule has 1 heterocycles. The molecule has 3 rings (SSSR count). The topological polar surface area (TPSA) is 64.6 Å². The molecule has 1 aliphatic heterocycles. The van der Waals surface area contributed by atoms with Gasteiger partial charge < -0.3 is 14.8 Å². The van der Waals surface area contributed by atoms with Crippen LogP contribution in [0.1, 0.15) is 22.8 Å². The minimum Gasteiger partial charge on any atom is -0.492 e. The molecule has 2 aromatic rings. The van der Waals surface area contributed by atoms with Crippen LogP contribution in [-0.4, -0.2) is 24.6 Å². The quantitative estimate of drug-likeness (QED) is 0.811. The van der Waals surface area contributed by atoms with E-state index in [4.69, 9.17) is 9.47 Å². The number of carbonyl (C=O) groups excluding carboxylic acids is 2. The Morgan fingerprint density at radius 1 is 1.33 bits per heavy atom. The second-order valence-electron chi connectivity index (χ2n) is 5.32. The lowest BCUT2D eigenvalue weighted by Crippen LogP contribution is -2.38. The molecule has 0 radical (unpaired) electrons. The van der Waals surface area contributed by atoms with Gasteiger partial charge in [0.15, 0.2) is 6.10 Å². The van der Waals surface area contributed by atoms with Crippen LogP contribution in [0.5, 0.6) is 5.75 Å². The molecule has 5 nitrogen and oxygen atoms in total. The van der Waals surface area contributed by atoms with Crippen LogP contribution in [0.4, 0.5) is 5.69 Å². The summed E-state index contributed by atoms with van der Waals surface area (Å²) in [6.07, 6.45) is -0.530. The Hall–Kier alpha value is -2.34. The lowest BCUT2D eigenvalue weighted by Gasteiger charge is -2.24. The maximum Gasteiger partial charge on any atom is 0.339 e. The van der Waals surface area contributed by atoms with E-state index in [9.17, 15) is 9.59 Å². The molecule has 0 spiro atoms. The molecule has 2 aromatic carbocycles. The number of rotatable bonds is 4. The molecular weight excluding hydrogens is 374 g/mol. The summed E-state index contributed by atoms with van der Waals surface area (Å²) in [5.41, 5.74) is 1.84. The summed E-state index contributed by atoms with van der Waals surface area (Å²) in [6, 6.07) is 12.5. The predicted octanol–water partition coefficient (Wildman–Crippen LogP) is 3.57. The first kappa shape index (κ1) is 16.5. The summed E-state index contributed by atoms with van der Waals surface area (Å²) in [6.45, 7) is 2.36. The SMILES string of the molecule is CCOc1ccccc1NC(=O)C1Cc2cc(Br)ccc2C(=O)O1. The van der Waals surface area contributed by atoms with Crippen LogP contribution in [-0.2, 0) is 16.0 Å². The molecule has 6 heteroatoms. The van der Waals surface area contributed by atoms with E-state index in [0.717, 1.165) is 10.0 Å². The number of ether oxygens (including phenoxy) is 2. The summed E-state index contributed by atoms with van der Waals surface area (Å²) in [5, 5.41) is 2.78. The molecule has 124 valence electrons. The van der Waals surface area contributed by atoms with Gasteiger partial charge in [-0.2, -0.15) is 0 Å². The summed E-state index contributed by atoms with van der Waals surface area (Å²) in [5.74, 6) is -0.276. The van der Waals surface area contributed by atoms with Crippen molar-refractivity contribution in [3.8, 4) is 5.75 Å². The fourth-order valence-corrected chi connectivity index (χ4v) is 2.98. The van der Waals surface area contributed by atoms with Crippen LogP contribution >= 0.6 is 15.9 Å². The zero-order chi connectivity index (χ0) is 17.1. The molecule has 1 amide bonds. The number of hydrogen-bond donors (Lipinski definition) is 1. The molecule has 1 atom stereocenters. The van der Waals surface area contributed by atoms with Crippen molar-refractivity contribution < 1.29 is 19.1 Å². The van der Waals surface area contributed by atoms with Crippen LogP contribution in [0.15, 0.2) is 46.9 Å². The van der Waals surface area contributed by atoms with Crippen molar-refractivity contribution in [3.05, 3.63) is 58.1 Å². The number of para-hydroxylation sites is 2. The fourth-order valence-electron chi connectivity index (χ4n) is 2.58. The second-order valence-corrected chi connectivity index (χ2v) is 6.23. The molecule has 0 bridgehead atoms. The molecule has 1 N–H and O–H groups in total. The summed E-state index contributed by atoms with van der Waals surface area (Å²) in [7, 11) is 0. The molecular formula is C18H16BrNO4. The molecule has 0 aromatic heterocycles. The van der Waals surface area contributed by atoms with Crippen molar-refractivity contribution >= 4 is 33.5 Å². The van der Waals surface area contributed by atoms with Crippen molar-refractivity contribution in [2.75, 3.05) is 11.9 Å². The molecule has 0 aliphatic carbocycles. The fraction of sp³-hybridized carbons (Fsp3) is 0.222. The zero-order valence-corrected chi connectivity index (χ0v) is 14.6. The van der Waals surface area contributed by atoms with Gasteiger partial charge in [-0.15, -0.1) is 0 Å². The van der Waals surface area contributed by atoms with Gasteiger partial charge >= 0.3 is 5.97 Å². The minimum atomic E-state index is -0.867. The van der Waals surface area contributed by atoms with E-state index in [1.165, 1.54) is 0 Å². The third-order valence-corrected chi connectivity index (χ3v) is 4.17. The molecule has 0 saturated carbocycles. The number of carbonyl (C=O) groups is 2. The number of cyclic esters (lactones) is 1. The normalized spacial score (nSPS) is 16.1. The number of benzene rings is 2. The highest BCUT2D eigenvalue weighted by molar-refractivity contribution is 9.10. The van der Waals surface area contributed by atoms with E-state index in [2.05, 4.69) is 21.2 Å².